The van der Waals surface area contributed by atoms with Gasteiger partial charge in [0.2, 0.25) is 5.95 Å². The number of aromatic nitrogens is 2. The summed E-state index contributed by atoms with van der Waals surface area (Å²) < 4.78 is 0. The molecule has 1 N–H and O–H groups in total. The van der Waals surface area contributed by atoms with E-state index < -0.39 is 0 Å². The van der Waals surface area contributed by atoms with Gasteiger partial charge in [0, 0.05) is 43.6 Å². The molecule has 4 heteroatoms. The maximum absolute atomic E-state index is 4.56. The number of anilines is 1. The van der Waals surface area contributed by atoms with E-state index in [-0.39, 0.29) is 0 Å². The molecule has 0 unspecified atom stereocenters. The van der Waals surface area contributed by atoms with Crippen LogP contribution < -0.4 is 10.2 Å². The zero-order valence-corrected chi connectivity index (χ0v) is 14.2. The number of hydrogen-bond acceptors (Lipinski definition) is 4. The van der Waals surface area contributed by atoms with E-state index in [2.05, 4.69) is 44.5 Å². The Bertz CT molecular complexity index is 662. The Hall–Kier alpha value is -1.94. The Morgan fingerprint density at radius 1 is 1.00 bits per heavy atom. The third-order valence-corrected chi connectivity index (χ3v) is 5.25. The largest absolute Gasteiger partial charge is 0.341 e. The van der Waals surface area contributed by atoms with E-state index in [9.17, 15) is 0 Å². The Labute approximate surface area is 144 Å². The molecule has 1 saturated heterocycles. The minimum absolute atomic E-state index is 0.446. The van der Waals surface area contributed by atoms with Crippen molar-refractivity contribution < 1.29 is 0 Å². The van der Waals surface area contributed by atoms with Crippen LogP contribution in [0.2, 0.25) is 0 Å². The van der Waals surface area contributed by atoms with Gasteiger partial charge in [0.15, 0.2) is 0 Å². The Balaban J connectivity index is 1.41. The molecule has 4 nitrogen and oxygen atoms in total. The molecule has 126 valence electrons. The van der Waals surface area contributed by atoms with Crippen molar-refractivity contribution >= 4 is 5.95 Å². The van der Waals surface area contributed by atoms with Crippen molar-refractivity contribution in [1.29, 1.82) is 0 Å². The maximum Gasteiger partial charge on any atom is 0.225 e. The van der Waals surface area contributed by atoms with Crippen molar-refractivity contribution in [2.45, 2.75) is 51.1 Å². The molecule has 1 aromatic heterocycles. The fourth-order valence-corrected chi connectivity index (χ4v) is 3.89. The van der Waals surface area contributed by atoms with Crippen molar-refractivity contribution in [1.82, 2.24) is 15.3 Å². The predicted octanol–water partition coefficient (Wildman–Crippen LogP) is 3.63. The minimum atomic E-state index is 0.446. The van der Waals surface area contributed by atoms with E-state index in [4.69, 9.17) is 0 Å². The molecular weight excluding hydrogens is 296 g/mol. The van der Waals surface area contributed by atoms with Gasteiger partial charge in [-0.15, -0.1) is 0 Å². The van der Waals surface area contributed by atoms with Crippen LogP contribution in [0, 0.1) is 0 Å². The fourth-order valence-electron chi connectivity index (χ4n) is 3.89. The van der Waals surface area contributed by atoms with E-state index in [0.29, 0.717) is 6.04 Å². The number of nitrogens with one attached hydrogen (secondary N) is 1. The summed E-state index contributed by atoms with van der Waals surface area (Å²) in [7, 11) is 0. The summed E-state index contributed by atoms with van der Waals surface area (Å²) in [6, 6.07) is 9.33. The van der Waals surface area contributed by atoms with E-state index in [1.165, 1.54) is 55.2 Å². The molecule has 4 rings (SSSR count). The quantitative estimate of drug-likeness (QED) is 0.873. The average Bonchev–Trinajstić information content (AvgIpc) is 3.09. The molecule has 0 radical (unpaired) electrons. The molecule has 0 bridgehead atoms. The van der Waals surface area contributed by atoms with Crippen LogP contribution in [0.5, 0.6) is 0 Å². The summed E-state index contributed by atoms with van der Waals surface area (Å²) in [5.74, 6) is 0.885. The monoisotopic (exact) mass is 322 g/mol. The third-order valence-electron chi connectivity index (χ3n) is 5.25. The molecule has 2 aromatic rings. The van der Waals surface area contributed by atoms with Crippen molar-refractivity contribution in [2.24, 2.45) is 0 Å². The summed E-state index contributed by atoms with van der Waals surface area (Å²) in [5, 5.41) is 3.73. The fraction of sp³-hybridized carbons (Fsp3) is 0.500. The topological polar surface area (TPSA) is 41.1 Å². The first-order valence-electron chi connectivity index (χ1n) is 9.27. The van der Waals surface area contributed by atoms with Crippen molar-refractivity contribution in [3.63, 3.8) is 0 Å². The van der Waals surface area contributed by atoms with Crippen LogP contribution in [-0.4, -0.2) is 23.1 Å². The summed E-state index contributed by atoms with van der Waals surface area (Å²) >= 11 is 0. The smallest absolute Gasteiger partial charge is 0.225 e. The lowest BCUT2D eigenvalue weighted by Crippen LogP contribution is -2.22. The van der Waals surface area contributed by atoms with Gasteiger partial charge in [0.1, 0.15) is 0 Å². The normalized spacial score (nSPS) is 20.7. The number of nitrogens with zero attached hydrogens (tertiary/aromatic N) is 3. The molecule has 1 atom stereocenters. The van der Waals surface area contributed by atoms with Gasteiger partial charge in [-0.05, 0) is 43.2 Å². The van der Waals surface area contributed by atoms with Crippen LogP contribution in [0.15, 0.2) is 36.7 Å². The first-order valence-corrected chi connectivity index (χ1v) is 9.27. The van der Waals surface area contributed by atoms with Crippen molar-refractivity contribution in [3.8, 4) is 0 Å². The highest BCUT2D eigenvalue weighted by Crippen LogP contribution is 2.28. The number of fused-ring (bicyclic) bond motifs is 1. The van der Waals surface area contributed by atoms with E-state index in [1.54, 1.807) is 0 Å². The van der Waals surface area contributed by atoms with E-state index in [1.807, 2.05) is 12.4 Å². The predicted molar refractivity (Wildman–Crippen MR) is 97.1 cm³/mol. The molecule has 1 aromatic carbocycles. The highest BCUT2D eigenvalue weighted by molar-refractivity contribution is 5.32. The van der Waals surface area contributed by atoms with E-state index in [0.717, 1.165) is 25.6 Å². The van der Waals surface area contributed by atoms with Gasteiger partial charge in [-0.3, -0.25) is 0 Å². The van der Waals surface area contributed by atoms with Crippen LogP contribution >= 0.6 is 0 Å². The van der Waals surface area contributed by atoms with Gasteiger partial charge in [-0.1, -0.05) is 30.7 Å². The first kappa shape index (κ1) is 15.6. The average molecular weight is 322 g/mol. The molecule has 0 amide bonds. The standard InChI is InChI=1S/C20H26N4/c1-3-9-18-17(7-1)8-2-4-10-19(18)21-13-16-14-22-20(23-15-16)24-11-5-6-12-24/h1,3,7,9,14-15,19,21H,2,4-6,8,10-13H2/t19-/m1/s1. The molecule has 2 heterocycles. The van der Waals surface area contributed by atoms with Crippen LogP contribution in [0.25, 0.3) is 0 Å². The zero-order chi connectivity index (χ0) is 16.2. The number of hydrogen-bond donors (Lipinski definition) is 1. The van der Waals surface area contributed by atoms with Gasteiger partial charge >= 0.3 is 0 Å². The lowest BCUT2D eigenvalue weighted by atomic mass is 9.99. The molecule has 2 aliphatic rings. The van der Waals surface area contributed by atoms with Crippen LogP contribution in [0.3, 0.4) is 0 Å². The summed E-state index contributed by atoms with van der Waals surface area (Å²) in [6.07, 6.45) is 11.5. The third kappa shape index (κ3) is 3.44. The van der Waals surface area contributed by atoms with Crippen molar-refractivity contribution in [3.05, 3.63) is 53.3 Å². The van der Waals surface area contributed by atoms with E-state index >= 15 is 0 Å². The number of benzene rings is 1. The molecular formula is C20H26N4. The molecule has 1 fully saturated rings. The van der Waals surface area contributed by atoms with Crippen LogP contribution in [0.4, 0.5) is 5.95 Å². The zero-order valence-electron chi connectivity index (χ0n) is 14.2. The van der Waals surface area contributed by atoms with Crippen molar-refractivity contribution in [2.75, 3.05) is 18.0 Å². The second kappa shape index (κ2) is 7.31. The maximum atomic E-state index is 4.56. The summed E-state index contributed by atoms with van der Waals surface area (Å²) in [6.45, 7) is 3.02. The Kier molecular flexibility index (Phi) is 4.74. The van der Waals surface area contributed by atoms with Gasteiger partial charge in [0.25, 0.3) is 0 Å². The summed E-state index contributed by atoms with van der Waals surface area (Å²) in [4.78, 5) is 11.4. The highest BCUT2D eigenvalue weighted by Gasteiger charge is 2.18. The SMILES string of the molecule is c1ccc2c(c1)CCCC[C@H]2NCc1cnc(N2CCCC2)nc1. The van der Waals surface area contributed by atoms with Gasteiger partial charge in [0.05, 0.1) is 0 Å². The lowest BCUT2D eigenvalue weighted by Gasteiger charge is -2.20. The summed E-state index contributed by atoms with van der Waals surface area (Å²) in [5.41, 5.74) is 4.15. The molecule has 1 aliphatic heterocycles. The highest BCUT2D eigenvalue weighted by atomic mass is 15.3. The van der Waals surface area contributed by atoms with Gasteiger partial charge < -0.3 is 10.2 Å². The first-order chi connectivity index (χ1) is 11.9. The minimum Gasteiger partial charge on any atom is -0.341 e. The van der Waals surface area contributed by atoms with Gasteiger partial charge in [-0.2, -0.15) is 0 Å². The molecule has 0 spiro atoms. The van der Waals surface area contributed by atoms with Crippen LogP contribution in [0.1, 0.15) is 54.8 Å². The molecule has 1 aliphatic carbocycles. The van der Waals surface area contributed by atoms with Crippen LogP contribution in [-0.2, 0) is 13.0 Å². The molecule has 24 heavy (non-hydrogen) atoms. The second-order valence-electron chi connectivity index (χ2n) is 6.96. The number of rotatable bonds is 4. The van der Waals surface area contributed by atoms with Gasteiger partial charge in [-0.25, -0.2) is 9.97 Å². The Morgan fingerprint density at radius 2 is 1.79 bits per heavy atom. The lowest BCUT2D eigenvalue weighted by molar-refractivity contribution is 0.488. The second-order valence-corrected chi connectivity index (χ2v) is 6.96. The Morgan fingerprint density at radius 3 is 2.62 bits per heavy atom. The molecule has 0 saturated carbocycles. The number of aryl methyl sites for hydroxylation is 1.